The highest BCUT2D eigenvalue weighted by atomic mass is 19.4. The van der Waals surface area contributed by atoms with Gasteiger partial charge < -0.3 is 4.52 Å². The standard InChI is InChI=1S/C15H12F3N3O2/c1-8-12-13(23-20-8)9(2)19-21(14(12)22)7-10-3-5-11(6-4-10)15(16,17)18/h3-6H,7H2,1-2H3. The molecule has 0 unspecified atom stereocenters. The van der Waals surface area contributed by atoms with Crippen molar-refractivity contribution in [3.05, 3.63) is 57.1 Å². The normalized spacial score (nSPS) is 12.0. The third-order valence-electron chi connectivity index (χ3n) is 3.52. The van der Waals surface area contributed by atoms with Gasteiger partial charge in [-0.25, -0.2) is 4.68 Å². The molecule has 1 aromatic carbocycles. The van der Waals surface area contributed by atoms with Crippen LogP contribution < -0.4 is 5.56 Å². The summed E-state index contributed by atoms with van der Waals surface area (Å²) in [4.78, 5) is 12.4. The topological polar surface area (TPSA) is 60.9 Å². The van der Waals surface area contributed by atoms with Crippen molar-refractivity contribution in [1.29, 1.82) is 0 Å². The van der Waals surface area contributed by atoms with E-state index in [1.807, 2.05) is 0 Å². The predicted octanol–water partition coefficient (Wildman–Crippen LogP) is 3.07. The van der Waals surface area contributed by atoms with Gasteiger partial charge in [0.05, 0.1) is 17.8 Å². The minimum absolute atomic E-state index is 0.0678. The predicted molar refractivity (Wildman–Crippen MR) is 76.1 cm³/mol. The molecule has 0 saturated heterocycles. The first-order valence-electron chi connectivity index (χ1n) is 6.77. The van der Waals surface area contributed by atoms with E-state index >= 15 is 0 Å². The highest BCUT2D eigenvalue weighted by Gasteiger charge is 2.29. The molecule has 0 N–H and O–H groups in total. The number of benzene rings is 1. The number of rotatable bonds is 2. The summed E-state index contributed by atoms with van der Waals surface area (Å²) in [6.45, 7) is 3.39. The van der Waals surface area contributed by atoms with Crippen molar-refractivity contribution in [3.63, 3.8) is 0 Å². The van der Waals surface area contributed by atoms with Crippen LogP contribution in [0.5, 0.6) is 0 Å². The summed E-state index contributed by atoms with van der Waals surface area (Å²) in [7, 11) is 0. The van der Waals surface area contributed by atoms with E-state index in [9.17, 15) is 18.0 Å². The van der Waals surface area contributed by atoms with Crippen molar-refractivity contribution >= 4 is 11.0 Å². The lowest BCUT2D eigenvalue weighted by Crippen LogP contribution is -2.24. The van der Waals surface area contributed by atoms with Crippen LogP contribution in [0.2, 0.25) is 0 Å². The fourth-order valence-electron chi connectivity index (χ4n) is 2.35. The number of fused-ring (bicyclic) bond motifs is 1. The lowest BCUT2D eigenvalue weighted by Gasteiger charge is -2.09. The summed E-state index contributed by atoms with van der Waals surface area (Å²) in [5.74, 6) is 0. The molecule has 0 aliphatic rings. The Kier molecular flexibility index (Phi) is 3.46. The maximum atomic E-state index is 12.6. The number of alkyl halides is 3. The average molecular weight is 323 g/mol. The second kappa shape index (κ2) is 5.22. The first-order valence-corrected chi connectivity index (χ1v) is 6.77. The maximum absolute atomic E-state index is 12.6. The van der Waals surface area contributed by atoms with Gasteiger partial charge in [-0.1, -0.05) is 17.3 Å². The largest absolute Gasteiger partial charge is 0.416 e. The van der Waals surface area contributed by atoms with E-state index in [1.54, 1.807) is 13.8 Å². The summed E-state index contributed by atoms with van der Waals surface area (Å²) in [6, 6.07) is 4.63. The van der Waals surface area contributed by atoms with E-state index in [0.29, 0.717) is 27.9 Å². The van der Waals surface area contributed by atoms with Crippen LogP contribution in [0.3, 0.4) is 0 Å². The molecule has 2 aromatic heterocycles. The molecule has 3 aromatic rings. The molecule has 0 aliphatic heterocycles. The van der Waals surface area contributed by atoms with Crippen LogP contribution in [0.1, 0.15) is 22.5 Å². The zero-order chi connectivity index (χ0) is 16.8. The zero-order valence-electron chi connectivity index (χ0n) is 12.3. The highest BCUT2D eigenvalue weighted by Crippen LogP contribution is 2.29. The molecular formula is C15H12F3N3O2. The van der Waals surface area contributed by atoms with E-state index in [2.05, 4.69) is 10.3 Å². The minimum atomic E-state index is -4.39. The Morgan fingerprint density at radius 1 is 1.13 bits per heavy atom. The van der Waals surface area contributed by atoms with E-state index in [0.717, 1.165) is 12.1 Å². The molecule has 0 bridgehead atoms. The van der Waals surface area contributed by atoms with E-state index in [-0.39, 0.29) is 12.1 Å². The molecule has 0 saturated carbocycles. The summed E-state index contributed by atoms with van der Waals surface area (Å²) in [6.07, 6.45) is -4.39. The lowest BCUT2D eigenvalue weighted by molar-refractivity contribution is -0.137. The van der Waals surface area contributed by atoms with Crippen LogP contribution in [0, 0.1) is 13.8 Å². The Bertz CT molecular complexity index is 924. The van der Waals surface area contributed by atoms with Gasteiger partial charge in [-0.2, -0.15) is 18.3 Å². The molecule has 23 heavy (non-hydrogen) atoms. The first kappa shape index (κ1) is 15.3. The molecule has 0 fully saturated rings. The third kappa shape index (κ3) is 2.71. The quantitative estimate of drug-likeness (QED) is 0.727. The Morgan fingerprint density at radius 3 is 2.39 bits per heavy atom. The van der Waals surface area contributed by atoms with Crippen molar-refractivity contribution < 1.29 is 17.7 Å². The van der Waals surface area contributed by atoms with Gasteiger partial charge in [0, 0.05) is 0 Å². The van der Waals surface area contributed by atoms with Gasteiger partial charge in [-0.05, 0) is 31.5 Å². The van der Waals surface area contributed by atoms with Crippen LogP contribution in [0.4, 0.5) is 13.2 Å². The third-order valence-corrected chi connectivity index (χ3v) is 3.52. The van der Waals surface area contributed by atoms with Crippen LogP contribution in [0.25, 0.3) is 11.0 Å². The smallest absolute Gasteiger partial charge is 0.354 e. The van der Waals surface area contributed by atoms with Crippen LogP contribution >= 0.6 is 0 Å². The molecule has 0 amide bonds. The van der Waals surface area contributed by atoms with Gasteiger partial charge in [0.25, 0.3) is 5.56 Å². The fraction of sp³-hybridized carbons (Fsp3) is 0.267. The van der Waals surface area contributed by atoms with Gasteiger partial charge in [0.15, 0.2) is 5.58 Å². The molecule has 5 nitrogen and oxygen atoms in total. The summed E-state index contributed by atoms with van der Waals surface area (Å²) in [5, 5.41) is 8.22. The molecule has 0 spiro atoms. The zero-order valence-corrected chi connectivity index (χ0v) is 12.3. The van der Waals surface area contributed by atoms with Crippen molar-refractivity contribution in [2.45, 2.75) is 26.6 Å². The van der Waals surface area contributed by atoms with Crippen LogP contribution in [-0.4, -0.2) is 14.9 Å². The van der Waals surface area contributed by atoms with Crippen molar-refractivity contribution in [3.8, 4) is 0 Å². The van der Waals surface area contributed by atoms with Gasteiger partial charge in [-0.3, -0.25) is 4.79 Å². The SMILES string of the molecule is Cc1nn(Cc2ccc(C(F)(F)F)cc2)c(=O)c2c(C)noc12. The molecule has 0 radical (unpaired) electrons. The van der Waals surface area contributed by atoms with Crippen LogP contribution in [0.15, 0.2) is 33.6 Å². The number of nitrogens with zero attached hydrogens (tertiary/aromatic N) is 3. The lowest BCUT2D eigenvalue weighted by atomic mass is 10.1. The van der Waals surface area contributed by atoms with Gasteiger partial charge in [-0.15, -0.1) is 0 Å². The minimum Gasteiger partial charge on any atom is -0.354 e. The van der Waals surface area contributed by atoms with Gasteiger partial charge in [0.2, 0.25) is 0 Å². The first-order chi connectivity index (χ1) is 10.8. The molecule has 2 heterocycles. The Morgan fingerprint density at radius 2 is 1.78 bits per heavy atom. The van der Waals surface area contributed by atoms with Gasteiger partial charge >= 0.3 is 6.18 Å². The Balaban J connectivity index is 2.00. The molecule has 0 aliphatic carbocycles. The van der Waals surface area contributed by atoms with Crippen LogP contribution in [-0.2, 0) is 12.7 Å². The van der Waals surface area contributed by atoms with E-state index < -0.39 is 11.7 Å². The summed E-state index contributed by atoms with van der Waals surface area (Å²) in [5.41, 5.74) is 0.702. The van der Waals surface area contributed by atoms with Crippen molar-refractivity contribution in [1.82, 2.24) is 14.9 Å². The van der Waals surface area contributed by atoms with E-state index in [4.69, 9.17) is 4.52 Å². The average Bonchev–Trinajstić information content (AvgIpc) is 2.87. The number of hydrogen-bond acceptors (Lipinski definition) is 4. The molecular weight excluding hydrogens is 311 g/mol. The Labute approximate surface area is 128 Å². The second-order valence-electron chi connectivity index (χ2n) is 5.22. The van der Waals surface area contributed by atoms with E-state index in [1.165, 1.54) is 16.8 Å². The summed E-state index contributed by atoms with van der Waals surface area (Å²) < 4.78 is 44.0. The monoisotopic (exact) mass is 323 g/mol. The molecule has 0 atom stereocenters. The molecule has 8 heteroatoms. The Hall–Kier alpha value is -2.64. The van der Waals surface area contributed by atoms with Gasteiger partial charge in [0.1, 0.15) is 11.1 Å². The van der Waals surface area contributed by atoms with Crippen molar-refractivity contribution in [2.24, 2.45) is 0 Å². The highest BCUT2D eigenvalue weighted by molar-refractivity contribution is 5.79. The number of halogens is 3. The maximum Gasteiger partial charge on any atom is 0.416 e. The van der Waals surface area contributed by atoms with Crippen molar-refractivity contribution in [2.75, 3.05) is 0 Å². The number of aryl methyl sites for hydroxylation is 2. The second-order valence-corrected chi connectivity index (χ2v) is 5.22. The fourth-order valence-corrected chi connectivity index (χ4v) is 2.35. The number of hydrogen-bond donors (Lipinski definition) is 0. The summed E-state index contributed by atoms with van der Waals surface area (Å²) >= 11 is 0. The molecule has 3 rings (SSSR count). The molecule has 120 valence electrons. The number of aromatic nitrogens is 3.